The lowest BCUT2D eigenvalue weighted by Crippen LogP contribution is -2.46. The summed E-state index contributed by atoms with van der Waals surface area (Å²) in [5, 5.41) is 0. The molecule has 3 saturated heterocycles. The minimum atomic E-state index is -3.63. The second kappa shape index (κ2) is 10.1. The number of nitrogens with zero attached hydrogens (tertiary/aromatic N) is 3. The number of hydrogen-bond acceptors (Lipinski definition) is 4. The van der Waals surface area contributed by atoms with E-state index in [9.17, 15) is 18.0 Å². The topological polar surface area (TPSA) is 78.0 Å². The average Bonchev–Trinajstić information content (AvgIpc) is 2.84. The Hall–Kier alpha value is -1.93. The van der Waals surface area contributed by atoms with Crippen molar-refractivity contribution in [2.45, 2.75) is 76.2 Å². The van der Waals surface area contributed by atoms with Crippen LogP contribution in [0, 0.1) is 12.8 Å². The summed E-state index contributed by atoms with van der Waals surface area (Å²) >= 11 is 0. The third kappa shape index (κ3) is 5.11. The van der Waals surface area contributed by atoms with Gasteiger partial charge in [0.1, 0.15) is 0 Å². The normalized spacial score (nSPS) is 23.5. The Morgan fingerprint density at radius 1 is 0.848 bits per heavy atom. The van der Waals surface area contributed by atoms with Crippen molar-refractivity contribution in [1.82, 2.24) is 14.1 Å². The van der Waals surface area contributed by atoms with E-state index in [1.165, 1.54) is 6.42 Å². The van der Waals surface area contributed by atoms with E-state index in [2.05, 4.69) is 0 Å². The first-order valence-corrected chi connectivity index (χ1v) is 13.9. The molecule has 2 amide bonds. The number of hydrogen-bond donors (Lipinski definition) is 0. The number of carbonyl (C=O) groups is 2. The maximum Gasteiger partial charge on any atom is 0.254 e. The van der Waals surface area contributed by atoms with Gasteiger partial charge in [-0.25, -0.2) is 8.42 Å². The number of amides is 2. The van der Waals surface area contributed by atoms with Crippen LogP contribution >= 0.6 is 0 Å². The average molecular weight is 476 g/mol. The first-order valence-electron chi connectivity index (χ1n) is 12.5. The molecule has 0 saturated carbocycles. The fourth-order valence-corrected chi connectivity index (χ4v) is 7.15. The monoisotopic (exact) mass is 475 g/mol. The fraction of sp³-hybridized carbons (Fsp3) is 0.680. The number of piperidine rings is 3. The van der Waals surface area contributed by atoms with Crippen molar-refractivity contribution < 1.29 is 18.0 Å². The molecule has 1 aromatic carbocycles. The molecule has 0 spiro atoms. The van der Waals surface area contributed by atoms with Crippen LogP contribution in [0.25, 0.3) is 0 Å². The van der Waals surface area contributed by atoms with Gasteiger partial charge in [-0.15, -0.1) is 0 Å². The van der Waals surface area contributed by atoms with E-state index in [0.29, 0.717) is 38.0 Å². The highest BCUT2D eigenvalue weighted by atomic mass is 32.2. The first kappa shape index (κ1) is 24.2. The summed E-state index contributed by atoms with van der Waals surface area (Å²) in [6.45, 7) is 7.10. The summed E-state index contributed by atoms with van der Waals surface area (Å²) in [7, 11) is -3.63. The van der Waals surface area contributed by atoms with Gasteiger partial charge in [-0.1, -0.05) is 12.5 Å². The molecule has 3 fully saturated rings. The summed E-state index contributed by atoms with van der Waals surface area (Å²) in [6.07, 6.45) is 7.47. The van der Waals surface area contributed by atoms with Crippen LogP contribution in [0.4, 0.5) is 0 Å². The molecule has 7 nitrogen and oxygen atoms in total. The predicted molar refractivity (Wildman–Crippen MR) is 127 cm³/mol. The second-order valence-electron chi connectivity index (χ2n) is 9.89. The Balaban J connectivity index is 1.45. The van der Waals surface area contributed by atoms with Crippen molar-refractivity contribution in [3.8, 4) is 0 Å². The van der Waals surface area contributed by atoms with E-state index < -0.39 is 10.0 Å². The van der Waals surface area contributed by atoms with E-state index in [1.807, 2.05) is 18.7 Å². The van der Waals surface area contributed by atoms with Crippen molar-refractivity contribution >= 4 is 21.8 Å². The van der Waals surface area contributed by atoms with Crippen molar-refractivity contribution in [3.05, 3.63) is 29.3 Å². The van der Waals surface area contributed by atoms with Gasteiger partial charge < -0.3 is 9.80 Å². The minimum absolute atomic E-state index is 0.0134. The van der Waals surface area contributed by atoms with Gasteiger partial charge in [0.2, 0.25) is 15.9 Å². The number of rotatable bonds is 4. The van der Waals surface area contributed by atoms with E-state index in [4.69, 9.17) is 0 Å². The molecule has 1 unspecified atom stereocenters. The third-order valence-corrected chi connectivity index (χ3v) is 9.60. The number of benzene rings is 1. The van der Waals surface area contributed by atoms with Crippen LogP contribution in [-0.2, 0) is 14.8 Å². The van der Waals surface area contributed by atoms with E-state index in [1.54, 1.807) is 27.4 Å². The summed E-state index contributed by atoms with van der Waals surface area (Å²) in [4.78, 5) is 30.1. The molecule has 3 aliphatic heterocycles. The summed E-state index contributed by atoms with van der Waals surface area (Å²) in [5.41, 5.74) is 1.22. The van der Waals surface area contributed by atoms with Crippen molar-refractivity contribution in [3.63, 3.8) is 0 Å². The van der Waals surface area contributed by atoms with Gasteiger partial charge >= 0.3 is 0 Å². The molecule has 182 valence electrons. The van der Waals surface area contributed by atoms with Crippen LogP contribution < -0.4 is 0 Å². The second-order valence-corrected chi connectivity index (χ2v) is 11.8. The highest BCUT2D eigenvalue weighted by molar-refractivity contribution is 7.89. The van der Waals surface area contributed by atoms with Crippen LogP contribution in [-0.4, -0.2) is 73.1 Å². The SMILES string of the molecule is Cc1ccc(S(=O)(=O)N2CCCCC2C)cc1C(=O)N1CCC(C(=O)N2CCCCC2)CC1. The maximum absolute atomic E-state index is 13.3. The number of carbonyl (C=O) groups excluding carboxylic acids is 2. The number of sulfonamides is 1. The minimum Gasteiger partial charge on any atom is -0.342 e. The van der Waals surface area contributed by atoms with Crippen molar-refractivity contribution in [1.29, 1.82) is 0 Å². The molecule has 1 atom stereocenters. The third-order valence-electron chi connectivity index (χ3n) is 7.59. The van der Waals surface area contributed by atoms with Gasteiger partial charge in [-0.2, -0.15) is 4.31 Å². The zero-order valence-electron chi connectivity index (χ0n) is 20.0. The van der Waals surface area contributed by atoms with Crippen LogP contribution in [0.1, 0.15) is 74.2 Å². The van der Waals surface area contributed by atoms with Gasteiger partial charge in [0.05, 0.1) is 4.90 Å². The summed E-state index contributed by atoms with van der Waals surface area (Å²) in [5.74, 6) is 0.0855. The molecule has 8 heteroatoms. The highest BCUT2D eigenvalue weighted by Gasteiger charge is 2.34. The Morgan fingerprint density at radius 2 is 1.52 bits per heavy atom. The van der Waals surface area contributed by atoms with Crippen LogP contribution in [0.5, 0.6) is 0 Å². The van der Waals surface area contributed by atoms with Crippen LogP contribution in [0.3, 0.4) is 0 Å². The molecule has 0 aliphatic carbocycles. The quantitative estimate of drug-likeness (QED) is 0.669. The first-order chi connectivity index (χ1) is 15.8. The fourth-order valence-electron chi connectivity index (χ4n) is 5.43. The van der Waals surface area contributed by atoms with E-state index in [-0.39, 0.29) is 28.7 Å². The standard InChI is InChI=1S/C25H37N3O4S/c1-19-9-10-22(33(31,32)28-15-7-4-8-20(28)2)18-23(19)25(30)27-16-11-21(12-17-27)24(29)26-13-5-3-6-14-26/h9-10,18,20-21H,3-8,11-17H2,1-2H3. The highest BCUT2D eigenvalue weighted by Crippen LogP contribution is 2.28. The molecule has 1 aromatic rings. The molecule has 4 rings (SSSR count). The number of aryl methyl sites for hydroxylation is 1. The molecule has 0 bridgehead atoms. The van der Waals surface area contributed by atoms with Crippen LogP contribution in [0.2, 0.25) is 0 Å². The van der Waals surface area contributed by atoms with Gasteiger partial charge in [-0.05, 0) is 76.5 Å². The largest absolute Gasteiger partial charge is 0.342 e. The van der Waals surface area contributed by atoms with Crippen molar-refractivity contribution in [2.24, 2.45) is 5.92 Å². The molecule has 3 heterocycles. The van der Waals surface area contributed by atoms with Gasteiger partial charge in [0.25, 0.3) is 5.91 Å². The molecule has 0 aromatic heterocycles. The zero-order chi connectivity index (χ0) is 23.6. The molecule has 33 heavy (non-hydrogen) atoms. The molecular formula is C25H37N3O4S. The Kier molecular flexibility index (Phi) is 7.43. The maximum atomic E-state index is 13.3. The van der Waals surface area contributed by atoms with Gasteiger partial charge in [-0.3, -0.25) is 9.59 Å². The Labute approximate surface area is 198 Å². The Bertz CT molecular complexity index is 979. The predicted octanol–water partition coefficient (Wildman–Crippen LogP) is 3.42. The lowest BCUT2D eigenvalue weighted by atomic mass is 9.93. The smallest absolute Gasteiger partial charge is 0.254 e. The van der Waals surface area contributed by atoms with E-state index >= 15 is 0 Å². The van der Waals surface area contributed by atoms with Gasteiger partial charge in [0, 0.05) is 50.2 Å². The lowest BCUT2D eigenvalue weighted by molar-refractivity contribution is -0.137. The van der Waals surface area contributed by atoms with E-state index in [0.717, 1.165) is 50.8 Å². The van der Waals surface area contributed by atoms with Crippen molar-refractivity contribution in [2.75, 3.05) is 32.7 Å². The molecule has 0 N–H and O–H groups in total. The zero-order valence-corrected chi connectivity index (χ0v) is 20.8. The molecule has 3 aliphatic rings. The Morgan fingerprint density at radius 3 is 2.18 bits per heavy atom. The van der Waals surface area contributed by atoms with Gasteiger partial charge in [0.15, 0.2) is 0 Å². The summed E-state index contributed by atoms with van der Waals surface area (Å²) < 4.78 is 28.2. The number of likely N-dealkylation sites (tertiary alicyclic amines) is 2. The molecule has 0 radical (unpaired) electrons. The van der Waals surface area contributed by atoms with Crippen LogP contribution in [0.15, 0.2) is 23.1 Å². The summed E-state index contributed by atoms with van der Waals surface area (Å²) in [6, 6.07) is 4.88. The molecular weight excluding hydrogens is 438 g/mol. The lowest BCUT2D eigenvalue weighted by Gasteiger charge is -2.36.